The van der Waals surface area contributed by atoms with E-state index in [-0.39, 0.29) is 18.2 Å². The number of nitrogens with one attached hydrogen (secondary N) is 1. The molecule has 0 bridgehead atoms. The molecule has 2 aromatic heterocycles. The smallest absolute Gasteiger partial charge is 0.355 e. The normalized spacial score (nSPS) is 10.5. The molecule has 0 aliphatic heterocycles. The average Bonchev–Trinajstić information content (AvgIpc) is 2.82. The minimum atomic E-state index is -0.841. The second-order valence-corrected chi connectivity index (χ2v) is 6.95. The topological polar surface area (TPSA) is 128 Å². The molecular formula is C23H19N5O5. The van der Waals surface area contributed by atoms with Gasteiger partial charge in [0.15, 0.2) is 0 Å². The van der Waals surface area contributed by atoms with Gasteiger partial charge >= 0.3 is 11.4 Å². The molecule has 0 spiro atoms. The molecule has 0 saturated carbocycles. The van der Waals surface area contributed by atoms with Crippen molar-refractivity contribution in [3.63, 3.8) is 0 Å². The maximum absolute atomic E-state index is 12.9. The van der Waals surface area contributed by atoms with E-state index in [2.05, 4.69) is 15.3 Å². The van der Waals surface area contributed by atoms with Crippen molar-refractivity contribution in [1.82, 2.24) is 19.1 Å². The third-order valence-electron chi connectivity index (χ3n) is 4.65. The molecule has 10 nitrogen and oxygen atoms in total. The number of nitrogens with zero attached hydrogens (tertiary/aromatic N) is 4. The van der Waals surface area contributed by atoms with Crippen LogP contribution < -0.4 is 21.4 Å². The number of ether oxygens (including phenoxy) is 1. The van der Waals surface area contributed by atoms with Crippen LogP contribution in [0.1, 0.15) is 5.56 Å². The van der Waals surface area contributed by atoms with Gasteiger partial charge in [-0.3, -0.25) is 4.57 Å². The SMILES string of the molecule is O=CCn1c(=O)nc(Nc2ccc(Oc3ccccn3)cc2)n(Cc2ccc(O)cc2)c1=O. The predicted molar refractivity (Wildman–Crippen MR) is 120 cm³/mol. The Morgan fingerprint density at radius 1 is 0.970 bits per heavy atom. The van der Waals surface area contributed by atoms with Gasteiger partial charge in [0, 0.05) is 18.0 Å². The van der Waals surface area contributed by atoms with E-state index in [1.165, 1.54) is 16.7 Å². The third kappa shape index (κ3) is 5.13. The van der Waals surface area contributed by atoms with Gasteiger partial charge in [0.25, 0.3) is 0 Å². The third-order valence-corrected chi connectivity index (χ3v) is 4.65. The number of phenols is 1. The molecule has 0 fully saturated rings. The summed E-state index contributed by atoms with van der Waals surface area (Å²) in [5.74, 6) is 1.09. The molecule has 0 unspecified atom stereocenters. The van der Waals surface area contributed by atoms with Crippen molar-refractivity contribution in [2.75, 3.05) is 5.32 Å². The zero-order valence-electron chi connectivity index (χ0n) is 17.3. The van der Waals surface area contributed by atoms with Gasteiger partial charge in [0.05, 0.1) is 13.1 Å². The summed E-state index contributed by atoms with van der Waals surface area (Å²) in [5, 5.41) is 12.5. The highest BCUT2D eigenvalue weighted by atomic mass is 16.5. The number of pyridine rings is 1. The number of hydrogen-bond donors (Lipinski definition) is 2. The molecule has 0 radical (unpaired) electrons. The second kappa shape index (κ2) is 9.60. The summed E-state index contributed by atoms with van der Waals surface area (Å²) in [6.07, 6.45) is 2.08. The number of carbonyl (C=O) groups is 1. The van der Waals surface area contributed by atoms with Crippen LogP contribution in [0.25, 0.3) is 0 Å². The van der Waals surface area contributed by atoms with Crippen molar-refractivity contribution in [2.45, 2.75) is 13.1 Å². The maximum atomic E-state index is 12.9. The highest BCUT2D eigenvalue weighted by molar-refractivity contribution is 5.55. The standard InChI is InChI=1S/C23H19N5O5/c29-14-13-27-22(31)26-21(28(23(27)32)15-16-4-8-18(30)9-5-16)25-17-6-10-19(11-7-17)33-20-3-1-2-12-24-20/h1-12,14,30H,13,15H2,(H,25,26,31). The van der Waals surface area contributed by atoms with Gasteiger partial charge in [0.1, 0.15) is 17.8 Å². The van der Waals surface area contributed by atoms with Crippen molar-refractivity contribution < 1.29 is 14.6 Å². The molecule has 0 atom stereocenters. The minimum Gasteiger partial charge on any atom is -0.508 e. The molecule has 0 saturated heterocycles. The Balaban J connectivity index is 1.64. The van der Waals surface area contributed by atoms with Gasteiger partial charge in [-0.25, -0.2) is 19.1 Å². The summed E-state index contributed by atoms with van der Waals surface area (Å²) in [5.41, 5.74) is -0.281. The van der Waals surface area contributed by atoms with Crippen LogP contribution in [0.3, 0.4) is 0 Å². The Bertz CT molecular complexity index is 1360. The molecule has 33 heavy (non-hydrogen) atoms. The van der Waals surface area contributed by atoms with E-state index < -0.39 is 17.9 Å². The number of aromatic hydroxyl groups is 1. The Morgan fingerprint density at radius 3 is 2.39 bits per heavy atom. The molecule has 0 amide bonds. The summed E-state index contributed by atoms with van der Waals surface area (Å²) >= 11 is 0. The highest BCUT2D eigenvalue weighted by Gasteiger charge is 2.14. The number of benzene rings is 2. The molecule has 2 aromatic carbocycles. The van der Waals surface area contributed by atoms with E-state index >= 15 is 0 Å². The molecular weight excluding hydrogens is 426 g/mol. The van der Waals surface area contributed by atoms with E-state index in [0.717, 1.165) is 4.57 Å². The average molecular weight is 445 g/mol. The molecule has 2 heterocycles. The lowest BCUT2D eigenvalue weighted by molar-refractivity contribution is -0.108. The number of anilines is 2. The van der Waals surface area contributed by atoms with Gasteiger partial charge in [-0.05, 0) is 48.0 Å². The fourth-order valence-electron chi connectivity index (χ4n) is 3.05. The van der Waals surface area contributed by atoms with Crippen LogP contribution in [0.2, 0.25) is 0 Å². The number of hydrogen-bond acceptors (Lipinski definition) is 8. The van der Waals surface area contributed by atoms with Crippen molar-refractivity contribution in [1.29, 1.82) is 0 Å². The molecule has 4 rings (SSSR count). The molecule has 10 heteroatoms. The lowest BCUT2D eigenvalue weighted by Crippen LogP contribution is -2.43. The van der Waals surface area contributed by atoms with Crippen molar-refractivity contribution in [2.24, 2.45) is 0 Å². The summed E-state index contributed by atoms with van der Waals surface area (Å²) in [4.78, 5) is 44.2. The van der Waals surface area contributed by atoms with Crippen LogP contribution >= 0.6 is 0 Å². The lowest BCUT2D eigenvalue weighted by atomic mass is 10.2. The fourth-order valence-corrected chi connectivity index (χ4v) is 3.05. The summed E-state index contributed by atoms with van der Waals surface area (Å²) in [6.45, 7) is -0.339. The highest BCUT2D eigenvalue weighted by Crippen LogP contribution is 2.22. The summed E-state index contributed by atoms with van der Waals surface area (Å²) in [6, 6.07) is 18.4. The first kappa shape index (κ1) is 21.5. The van der Waals surface area contributed by atoms with E-state index in [0.29, 0.717) is 29.2 Å². The predicted octanol–water partition coefficient (Wildman–Crippen LogP) is 2.29. The Labute approximate surface area is 187 Å². The lowest BCUT2D eigenvalue weighted by Gasteiger charge is -2.15. The van der Waals surface area contributed by atoms with E-state index in [4.69, 9.17) is 4.74 Å². The van der Waals surface area contributed by atoms with Crippen LogP contribution in [0, 0.1) is 0 Å². The van der Waals surface area contributed by atoms with Crippen molar-refractivity contribution >= 4 is 17.9 Å². The molecule has 2 N–H and O–H groups in total. The van der Waals surface area contributed by atoms with Crippen LogP contribution in [0.4, 0.5) is 11.6 Å². The first-order valence-corrected chi connectivity index (χ1v) is 9.92. The molecule has 166 valence electrons. The monoisotopic (exact) mass is 445 g/mol. The number of phenolic OH excluding ortho intramolecular Hbond substituents is 1. The quantitative estimate of drug-likeness (QED) is 0.395. The molecule has 0 aliphatic carbocycles. The first-order chi connectivity index (χ1) is 16.0. The van der Waals surface area contributed by atoms with Crippen LogP contribution in [-0.2, 0) is 17.9 Å². The van der Waals surface area contributed by atoms with Crippen LogP contribution in [0.5, 0.6) is 17.4 Å². The second-order valence-electron chi connectivity index (χ2n) is 6.95. The van der Waals surface area contributed by atoms with Crippen LogP contribution in [-0.4, -0.2) is 30.5 Å². The van der Waals surface area contributed by atoms with Crippen molar-refractivity contribution in [3.05, 3.63) is 99.5 Å². The first-order valence-electron chi connectivity index (χ1n) is 9.92. The Kier molecular flexibility index (Phi) is 6.26. The molecule has 4 aromatic rings. The van der Waals surface area contributed by atoms with Gasteiger partial charge in [-0.1, -0.05) is 18.2 Å². The Hall–Kier alpha value is -4.73. The number of carbonyl (C=O) groups excluding carboxylic acids is 1. The Morgan fingerprint density at radius 2 is 1.73 bits per heavy atom. The van der Waals surface area contributed by atoms with Gasteiger partial charge < -0.3 is 20.0 Å². The number of rotatable bonds is 8. The number of aromatic nitrogens is 4. The zero-order chi connectivity index (χ0) is 23.2. The summed E-state index contributed by atoms with van der Waals surface area (Å²) < 4.78 is 7.66. The zero-order valence-corrected chi connectivity index (χ0v) is 17.3. The van der Waals surface area contributed by atoms with E-state index in [1.54, 1.807) is 54.7 Å². The number of aldehydes is 1. The van der Waals surface area contributed by atoms with E-state index in [1.807, 2.05) is 6.07 Å². The van der Waals surface area contributed by atoms with Gasteiger partial charge in [-0.15, -0.1) is 0 Å². The fraction of sp³-hybridized carbons (Fsp3) is 0.0870. The van der Waals surface area contributed by atoms with Crippen molar-refractivity contribution in [3.8, 4) is 17.4 Å². The van der Waals surface area contributed by atoms with Gasteiger partial charge in [0.2, 0.25) is 11.8 Å². The minimum absolute atomic E-state index is 0.0126. The maximum Gasteiger partial charge on any atom is 0.355 e. The molecule has 0 aliphatic rings. The van der Waals surface area contributed by atoms with Gasteiger partial charge in [-0.2, -0.15) is 4.98 Å². The van der Waals surface area contributed by atoms with Crippen LogP contribution in [0.15, 0.2) is 82.5 Å². The van der Waals surface area contributed by atoms with E-state index in [9.17, 15) is 19.5 Å². The largest absolute Gasteiger partial charge is 0.508 e. The summed E-state index contributed by atoms with van der Waals surface area (Å²) in [7, 11) is 0.